The number of benzene rings is 2. The van der Waals surface area contributed by atoms with Crippen molar-refractivity contribution in [3.8, 4) is 0 Å². The molecule has 0 unspecified atom stereocenters. The number of ketones is 1. The summed E-state index contributed by atoms with van der Waals surface area (Å²) in [7, 11) is 0. The number of carbonyl (C=O) groups is 2. The summed E-state index contributed by atoms with van der Waals surface area (Å²) in [6.45, 7) is 0. The highest BCUT2D eigenvalue weighted by Crippen LogP contribution is 2.15. The van der Waals surface area contributed by atoms with Gasteiger partial charge in [-0.05, 0) is 11.6 Å². The molecule has 0 spiro atoms. The molecule has 0 saturated carbocycles. The molecule has 3 aromatic rings. The lowest BCUT2D eigenvalue weighted by Crippen LogP contribution is -2.39. The van der Waals surface area contributed by atoms with Gasteiger partial charge < -0.3 is 0 Å². The van der Waals surface area contributed by atoms with E-state index in [-0.39, 0.29) is 0 Å². The van der Waals surface area contributed by atoms with Gasteiger partial charge in [0.2, 0.25) is 0 Å². The zero-order valence-corrected chi connectivity index (χ0v) is 11.5. The van der Waals surface area contributed by atoms with E-state index in [0.29, 0.717) is 27.2 Å². The predicted octanol–water partition coefficient (Wildman–Crippen LogP) is 1.16. The first-order valence-corrected chi connectivity index (χ1v) is 6.86. The minimum absolute atomic E-state index is 0.392. The molecule has 0 radical (unpaired) electrons. The van der Waals surface area contributed by atoms with Crippen molar-refractivity contribution in [1.29, 1.82) is 0 Å². The third-order valence-corrected chi connectivity index (χ3v) is 3.71. The molecule has 2 aromatic carbocycles. The van der Waals surface area contributed by atoms with E-state index in [1.165, 1.54) is 0 Å². The van der Waals surface area contributed by atoms with Crippen molar-refractivity contribution in [3.63, 3.8) is 0 Å². The molecule has 4 heteroatoms. The van der Waals surface area contributed by atoms with Gasteiger partial charge in [0.15, 0.2) is 0 Å². The number of nitrogens with zero attached hydrogens (tertiary/aromatic N) is 2. The lowest BCUT2D eigenvalue weighted by atomic mass is 9.96. The Kier molecular flexibility index (Phi) is 2.69. The molecule has 0 saturated heterocycles. The standard InChI is InChI=1S/C18H10N2O2/c21-17-14(11-5-2-1-3-6-11)13-9-8-12-7-4-10-19-15(12)16(13)20-18(17)22/h1-10H. The fourth-order valence-corrected chi connectivity index (χ4v) is 2.72. The normalized spacial score (nSPS) is 13.9. The van der Waals surface area contributed by atoms with Crippen LogP contribution in [-0.4, -0.2) is 16.7 Å². The van der Waals surface area contributed by atoms with Gasteiger partial charge in [-0.1, -0.05) is 48.5 Å². The van der Waals surface area contributed by atoms with Crippen LogP contribution in [0.4, 0.5) is 0 Å². The SMILES string of the molecule is O=C1N=c2c(ccc3cccnc23)=C(c2ccccc2)C1=O. The van der Waals surface area contributed by atoms with E-state index in [4.69, 9.17) is 0 Å². The Bertz CT molecular complexity index is 1050. The maximum Gasteiger partial charge on any atom is 0.318 e. The first-order valence-electron chi connectivity index (χ1n) is 6.86. The van der Waals surface area contributed by atoms with Crippen LogP contribution in [0.25, 0.3) is 16.5 Å². The van der Waals surface area contributed by atoms with Crippen LogP contribution >= 0.6 is 0 Å². The maximum atomic E-state index is 12.3. The average Bonchev–Trinajstić information content (AvgIpc) is 2.57. The Hall–Kier alpha value is -3.14. The number of rotatable bonds is 1. The molecule has 1 aliphatic rings. The van der Waals surface area contributed by atoms with Gasteiger partial charge in [0.25, 0.3) is 5.78 Å². The molecule has 4 rings (SSSR count). The van der Waals surface area contributed by atoms with Crippen LogP contribution in [0, 0.1) is 0 Å². The first kappa shape index (κ1) is 12.6. The van der Waals surface area contributed by atoms with E-state index in [9.17, 15) is 9.59 Å². The first-order chi connectivity index (χ1) is 10.8. The van der Waals surface area contributed by atoms with E-state index in [2.05, 4.69) is 9.98 Å². The van der Waals surface area contributed by atoms with Gasteiger partial charge in [0.05, 0.1) is 5.52 Å². The van der Waals surface area contributed by atoms with Gasteiger partial charge in [-0.3, -0.25) is 14.6 Å². The average molecular weight is 286 g/mol. The van der Waals surface area contributed by atoms with Crippen LogP contribution in [0.1, 0.15) is 5.56 Å². The molecule has 1 aliphatic heterocycles. The summed E-state index contributed by atoms with van der Waals surface area (Å²) >= 11 is 0. The van der Waals surface area contributed by atoms with Crippen molar-refractivity contribution in [1.82, 2.24) is 4.98 Å². The second kappa shape index (κ2) is 4.70. The number of hydrogen-bond donors (Lipinski definition) is 0. The van der Waals surface area contributed by atoms with Crippen LogP contribution in [0.15, 0.2) is 65.8 Å². The van der Waals surface area contributed by atoms with E-state index in [1.807, 2.05) is 54.6 Å². The highest BCUT2D eigenvalue weighted by Gasteiger charge is 2.25. The summed E-state index contributed by atoms with van der Waals surface area (Å²) in [6, 6.07) is 16.6. The third-order valence-electron chi connectivity index (χ3n) is 3.71. The molecule has 0 atom stereocenters. The Morgan fingerprint density at radius 1 is 0.818 bits per heavy atom. The van der Waals surface area contributed by atoms with E-state index < -0.39 is 11.7 Å². The number of aromatic nitrogens is 1. The number of fused-ring (bicyclic) bond motifs is 3. The zero-order chi connectivity index (χ0) is 15.1. The maximum absolute atomic E-state index is 12.3. The van der Waals surface area contributed by atoms with Gasteiger partial charge in [0, 0.05) is 22.4 Å². The van der Waals surface area contributed by atoms with Crippen molar-refractivity contribution in [2.45, 2.75) is 0 Å². The highest BCUT2D eigenvalue weighted by molar-refractivity contribution is 6.54. The molecule has 1 amide bonds. The molecule has 2 heterocycles. The molecule has 0 N–H and O–H groups in total. The molecule has 0 fully saturated rings. The molecular weight excluding hydrogens is 276 g/mol. The zero-order valence-electron chi connectivity index (χ0n) is 11.5. The summed E-state index contributed by atoms with van der Waals surface area (Å²) in [5.41, 5.74) is 1.74. The van der Waals surface area contributed by atoms with Crippen LogP contribution in [0.3, 0.4) is 0 Å². The van der Waals surface area contributed by atoms with E-state index in [0.717, 1.165) is 5.39 Å². The fraction of sp³-hybridized carbons (Fsp3) is 0. The van der Waals surface area contributed by atoms with Crippen molar-refractivity contribution in [2.75, 3.05) is 0 Å². The molecule has 104 valence electrons. The monoisotopic (exact) mass is 286 g/mol. The summed E-state index contributed by atoms with van der Waals surface area (Å²) in [4.78, 5) is 32.6. The minimum atomic E-state index is -0.746. The molecule has 22 heavy (non-hydrogen) atoms. The topological polar surface area (TPSA) is 59.4 Å². The number of Topliss-reactive ketones (excluding diaryl/α,β-unsaturated/α-hetero) is 1. The largest absolute Gasteiger partial charge is 0.318 e. The van der Waals surface area contributed by atoms with E-state index in [1.54, 1.807) is 6.20 Å². The minimum Gasteiger partial charge on any atom is -0.283 e. The van der Waals surface area contributed by atoms with Crippen molar-refractivity contribution in [3.05, 3.63) is 76.9 Å². The van der Waals surface area contributed by atoms with E-state index >= 15 is 0 Å². The Labute approximate surface area is 125 Å². The van der Waals surface area contributed by atoms with Crippen LogP contribution in [0.2, 0.25) is 0 Å². The predicted molar refractivity (Wildman–Crippen MR) is 81.5 cm³/mol. The van der Waals surface area contributed by atoms with Crippen molar-refractivity contribution in [2.24, 2.45) is 4.99 Å². The molecule has 0 aliphatic carbocycles. The number of hydrogen-bond acceptors (Lipinski definition) is 3. The highest BCUT2D eigenvalue weighted by atomic mass is 16.2. The smallest absolute Gasteiger partial charge is 0.283 e. The van der Waals surface area contributed by atoms with Crippen molar-refractivity contribution < 1.29 is 9.59 Å². The summed E-state index contributed by atoms with van der Waals surface area (Å²) in [6.07, 6.45) is 1.65. The number of pyridine rings is 1. The summed E-state index contributed by atoms with van der Waals surface area (Å²) in [5.74, 6) is -1.32. The van der Waals surface area contributed by atoms with Crippen molar-refractivity contribution >= 4 is 28.2 Å². The van der Waals surface area contributed by atoms with Gasteiger partial charge in [-0.2, -0.15) is 0 Å². The van der Waals surface area contributed by atoms with Gasteiger partial charge in [0.1, 0.15) is 5.36 Å². The van der Waals surface area contributed by atoms with Gasteiger partial charge >= 0.3 is 5.91 Å². The second-order valence-corrected chi connectivity index (χ2v) is 5.02. The van der Waals surface area contributed by atoms with Gasteiger partial charge in [-0.25, -0.2) is 4.99 Å². The lowest BCUT2D eigenvalue weighted by molar-refractivity contribution is -0.132. The fourth-order valence-electron chi connectivity index (χ4n) is 2.72. The summed E-state index contributed by atoms with van der Waals surface area (Å²) in [5, 5.41) is 2.02. The molecular formula is C18H10N2O2. The quantitative estimate of drug-likeness (QED) is 0.631. The second-order valence-electron chi connectivity index (χ2n) is 5.02. The van der Waals surface area contributed by atoms with Gasteiger partial charge in [-0.15, -0.1) is 0 Å². The Morgan fingerprint density at radius 2 is 1.64 bits per heavy atom. The Morgan fingerprint density at radius 3 is 2.45 bits per heavy atom. The number of carbonyl (C=O) groups excluding carboxylic acids is 2. The third kappa shape index (κ3) is 1.78. The Balaban J connectivity index is 2.23. The van der Waals surface area contributed by atoms with Crippen LogP contribution < -0.4 is 10.6 Å². The summed E-state index contributed by atoms with van der Waals surface area (Å²) < 4.78 is 0. The number of amides is 1. The molecule has 4 nitrogen and oxygen atoms in total. The van der Waals surface area contributed by atoms with Crippen LogP contribution in [0.5, 0.6) is 0 Å². The molecule has 0 bridgehead atoms. The lowest BCUT2D eigenvalue weighted by Gasteiger charge is -2.10. The molecule has 1 aromatic heterocycles. The van der Waals surface area contributed by atoms with Crippen LogP contribution in [-0.2, 0) is 9.59 Å².